The van der Waals surface area contributed by atoms with Gasteiger partial charge in [-0.25, -0.2) is 19.3 Å². The van der Waals surface area contributed by atoms with E-state index in [0.29, 0.717) is 11.2 Å². The summed E-state index contributed by atoms with van der Waals surface area (Å²) in [6.45, 7) is 4.11. The minimum atomic E-state index is -0.289. The third kappa shape index (κ3) is 3.60. The Morgan fingerprint density at radius 2 is 1.59 bits per heavy atom. The molecule has 27 heavy (non-hydrogen) atoms. The first kappa shape index (κ1) is 17.0. The highest BCUT2D eigenvalue weighted by atomic mass is 19.1. The van der Waals surface area contributed by atoms with Crippen LogP contribution in [0.4, 0.5) is 10.2 Å². The van der Waals surface area contributed by atoms with Crippen LogP contribution in [0.1, 0.15) is 13.8 Å². The quantitative estimate of drug-likeness (QED) is 0.571. The molecule has 3 aromatic heterocycles. The molecule has 6 heteroatoms. The number of halogens is 1. The highest BCUT2D eigenvalue weighted by Crippen LogP contribution is 2.31. The molecular weight excluding hydrogens is 341 g/mol. The Labute approximate surface area is 156 Å². The number of benzene rings is 1. The van der Waals surface area contributed by atoms with Gasteiger partial charge in [0.2, 0.25) is 0 Å². The number of fused-ring (bicyclic) bond motifs is 1. The second-order valence-electron chi connectivity index (χ2n) is 6.52. The maximum Gasteiger partial charge on any atom is 0.126 e. The molecule has 5 nitrogen and oxygen atoms in total. The van der Waals surface area contributed by atoms with Crippen molar-refractivity contribution in [3.8, 4) is 22.5 Å². The number of hydrogen-bond donors (Lipinski definition) is 1. The molecule has 0 aliphatic heterocycles. The fourth-order valence-electron chi connectivity index (χ4n) is 2.87. The summed E-state index contributed by atoms with van der Waals surface area (Å²) in [6.07, 6.45) is 5.11. The molecule has 0 aliphatic rings. The average molecular weight is 359 g/mol. The molecule has 0 amide bonds. The van der Waals surface area contributed by atoms with Crippen molar-refractivity contribution in [1.82, 2.24) is 19.9 Å². The normalized spacial score (nSPS) is 11.1. The van der Waals surface area contributed by atoms with Gasteiger partial charge in [-0.2, -0.15) is 0 Å². The van der Waals surface area contributed by atoms with E-state index in [1.807, 2.05) is 18.2 Å². The summed E-state index contributed by atoms with van der Waals surface area (Å²) >= 11 is 0. The van der Waals surface area contributed by atoms with Crippen LogP contribution in [-0.2, 0) is 0 Å². The first-order valence-electron chi connectivity index (χ1n) is 8.71. The third-order valence-corrected chi connectivity index (χ3v) is 4.05. The van der Waals surface area contributed by atoms with Gasteiger partial charge in [-0.15, -0.1) is 0 Å². The maximum absolute atomic E-state index is 13.4. The Kier molecular flexibility index (Phi) is 4.46. The molecule has 0 radical (unpaired) electrons. The van der Waals surface area contributed by atoms with Crippen molar-refractivity contribution < 1.29 is 4.39 Å². The first-order chi connectivity index (χ1) is 13.1. The van der Waals surface area contributed by atoms with Crippen LogP contribution in [0.5, 0.6) is 0 Å². The van der Waals surface area contributed by atoms with E-state index in [1.165, 1.54) is 12.1 Å². The van der Waals surface area contributed by atoms with Crippen molar-refractivity contribution in [3.05, 3.63) is 66.9 Å². The predicted molar refractivity (Wildman–Crippen MR) is 105 cm³/mol. The molecule has 0 aliphatic carbocycles. The minimum absolute atomic E-state index is 0.262. The van der Waals surface area contributed by atoms with Gasteiger partial charge in [0, 0.05) is 29.6 Å². The SMILES string of the molecule is CC(C)Nc1cc(-c2nc3ccncc3nc2-c2ccc(F)cc2)ccn1. The van der Waals surface area contributed by atoms with Gasteiger partial charge in [0.05, 0.1) is 23.1 Å². The van der Waals surface area contributed by atoms with Gasteiger partial charge < -0.3 is 5.32 Å². The van der Waals surface area contributed by atoms with Gasteiger partial charge in [0.15, 0.2) is 0 Å². The maximum atomic E-state index is 13.4. The van der Waals surface area contributed by atoms with E-state index < -0.39 is 0 Å². The summed E-state index contributed by atoms with van der Waals surface area (Å²) < 4.78 is 13.4. The molecule has 1 N–H and O–H groups in total. The molecule has 4 rings (SSSR count). The van der Waals surface area contributed by atoms with Crippen LogP contribution >= 0.6 is 0 Å². The Morgan fingerprint density at radius 3 is 2.37 bits per heavy atom. The summed E-state index contributed by atoms with van der Waals surface area (Å²) in [6, 6.07) is 12.2. The summed E-state index contributed by atoms with van der Waals surface area (Å²) in [5, 5.41) is 3.30. The van der Waals surface area contributed by atoms with Gasteiger partial charge in [-0.05, 0) is 56.3 Å². The lowest BCUT2D eigenvalue weighted by Gasteiger charge is -2.13. The fraction of sp³-hybridized carbons (Fsp3) is 0.143. The molecule has 4 aromatic rings. The number of pyridine rings is 2. The van der Waals surface area contributed by atoms with E-state index in [4.69, 9.17) is 9.97 Å². The van der Waals surface area contributed by atoms with E-state index in [2.05, 4.69) is 29.1 Å². The first-order valence-corrected chi connectivity index (χ1v) is 8.71. The lowest BCUT2D eigenvalue weighted by atomic mass is 10.0. The Balaban J connectivity index is 1.93. The molecule has 0 fully saturated rings. The number of rotatable bonds is 4. The van der Waals surface area contributed by atoms with Crippen LogP contribution in [0.15, 0.2) is 61.1 Å². The zero-order chi connectivity index (χ0) is 18.8. The van der Waals surface area contributed by atoms with Crippen LogP contribution in [0.25, 0.3) is 33.5 Å². The number of nitrogens with zero attached hydrogens (tertiary/aromatic N) is 4. The number of hydrogen-bond acceptors (Lipinski definition) is 5. The van der Waals surface area contributed by atoms with Crippen molar-refractivity contribution in [2.75, 3.05) is 5.32 Å². The number of aromatic nitrogens is 4. The van der Waals surface area contributed by atoms with Crippen molar-refractivity contribution in [2.45, 2.75) is 19.9 Å². The molecule has 1 aromatic carbocycles. The van der Waals surface area contributed by atoms with Crippen LogP contribution in [0, 0.1) is 5.82 Å². The van der Waals surface area contributed by atoms with Crippen molar-refractivity contribution in [1.29, 1.82) is 0 Å². The smallest absolute Gasteiger partial charge is 0.126 e. The van der Waals surface area contributed by atoms with E-state index in [1.54, 1.807) is 30.7 Å². The van der Waals surface area contributed by atoms with Crippen LogP contribution < -0.4 is 5.32 Å². The van der Waals surface area contributed by atoms with Crippen molar-refractivity contribution in [3.63, 3.8) is 0 Å². The topological polar surface area (TPSA) is 63.6 Å². The molecule has 134 valence electrons. The lowest BCUT2D eigenvalue weighted by Crippen LogP contribution is -2.10. The molecule has 0 atom stereocenters. The average Bonchev–Trinajstić information content (AvgIpc) is 2.67. The van der Waals surface area contributed by atoms with Gasteiger partial charge >= 0.3 is 0 Å². The van der Waals surface area contributed by atoms with E-state index in [9.17, 15) is 4.39 Å². The Bertz CT molecular complexity index is 1090. The molecule has 0 saturated carbocycles. The second kappa shape index (κ2) is 7.07. The predicted octanol–water partition coefficient (Wildman–Crippen LogP) is 4.71. The van der Waals surface area contributed by atoms with Gasteiger partial charge in [-0.3, -0.25) is 4.98 Å². The summed E-state index contributed by atoms with van der Waals surface area (Å²) in [5.41, 5.74) is 4.52. The molecule has 0 saturated heterocycles. The standard InChI is InChI=1S/C21H18FN5/c1-13(2)25-19-11-15(7-10-24-19)21-20(14-3-5-16(22)6-4-14)27-18-12-23-9-8-17(18)26-21/h3-13H,1-2H3,(H,24,25). The van der Waals surface area contributed by atoms with Crippen molar-refractivity contribution >= 4 is 16.9 Å². The van der Waals surface area contributed by atoms with Crippen LogP contribution in [0.3, 0.4) is 0 Å². The van der Waals surface area contributed by atoms with Crippen molar-refractivity contribution in [2.24, 2.45) is 0 Å². The summed E-state index contributed by atoms with van der Waals surface area (Å²) in [4.78, 5) is 18.1. The summed E-state index contributed by atoms with van der Waals surface area (Å²) in [7, 11) is 0. The van der Waals surface area contributed by atoms with Crippen LogP contribution in [0.2, 0.25) is 0 Å². The third-order valence-electron chi connectivity index (χ3n) is 4.05. The molecule has 0 unspecified atom stereocenters. The lowest BCUT2D eigenvalue weighted by molar-refractivity contribution is 0.628. The zero-order valence-electron chi connectivity index (χ0n) is 15.0. The molecular formula is C21H18FN5. The van der Waals surface area contributed by atoms with Gasteiger partial charge in [0.25, 0.3) is 0 Å². The highest BCUT2D eigenvalue weighted by Gasteiger charge is 2.14. The largest absolute Gasteiger partial charge is 0.368 e. The number of nitrogens with one attached hydrogen (secondary N) is 1. The zero-order valence-corrected chi connectivity index (χ0v) is 15.0. The van der Waals surface area contributed by atoms with Gasteiger partial charge in [-0.1, -0.05) is 0 Å². The fourth-order valence-corrected chi connectivity index (χ4v) is 2.87. The highest BCUT2D eigenvalue weighted by molar-refractivity contribution is 5.86. The monoisotopic (exact) mass is 359 g/mol. The van der Waals surface area contributed by atoms with E-state index >= 15 is 0 Å². The summed E-state index contributed by atoms with van der Waals surface area (Å²) in [5.74, 6) is 0.479. The Morgan fingerprint density at radius 1 is 0.852 bits per heavy atom. The second-order valence-corrected chi connectivity index (χ2v) is 6.52. The molecule has 3 heterocycles. The number of anilines is 1. The molecule has 0 spiro atoms. The van der Waals surface area contributed by atoms with Crippen LogP contribution in [-0.4, -0.2) is 26.0 Å². The van der Waals surface area contributed by atoms with E-state index in [0.717, 1.165) is 28.2 Å². The Hall–Kier alpha value is -3.41. The minimum Gasteiger partial charge on any atom is -0.368 e. The molecule has 0 bridgehead atoms. The van der Waals surface area contributed by atoms with E-state index in [-0.39, 0.29) is 11.9 Å². The van der Waals surface area contributed by atoms with Gasteiger partial charge in [0.1, 0.15) is 17.2 Å².